The second-order valence-corrected chi connectivity index (χ2v) is 5.49. The quantitative estimate of drug-likeness (QED) is 0.925. The van der Waals surface area contributed by atoms with Crippen molar-refractivity contribution in [1.82, 2.24) is 9.55 Å². The van der Waals surface area contributed by atoms with Crippen LogP contribution in [0.5, 0.6) is 11.5 Å². The number of hydrogen-bond donors (Lipinski definition) is 1. The number of aliphatic hydroxyl groups excluding tert-OH is 1. The van der Waals surface area contributed by atoms with Gasteiger partial charge in [0.2, 0.25) is 0 Å². The number of rotatable bonds is 3. The Bertz CT molecular complexity index is 691. The number of benzene rings is 1. The molecule has 0 unspecified atom stereocenters. The Balaban J connectivity index is 1.90. The molecule has 21 heavy (non-hydrogen) atoms. The molecule has 1 aromatic carbocycles. The van der Waals surface area contributed by atoms with E-state index in [0.717, 1.165) is 35.4 Å². The van der Waals surface area contributed by atoms with Gasteiger partial charge in [0, 0.05) is 6.61 Å². The van der Waals surface area contributed by atoms with Crippen molar-refractivity contribution in [2.45, 2.75) is 32.6 Å². The molecule has 0 amide bonds. The van der Waals surface area contributed by atoms with Gasteiger partial charge in [0.15, 0.2) is 11.5 Å². The van der Waals surface area contributed by atoms with E-state index in [9.17, 15) is 5.11 Å². The first-order valence-corrected chi connectivity index (χ1v) is 7.28. The van der Waals surface area contributed by atoms with Gasteiger partial charge >= 0.3 is 0 Å². The molecule has 0 saturated carbocycles. The summed E-state index contributed by atoms with van der Waals surface area (Å²) in [6, 6.07) is 1.98. The lowest BCUT2D eigenvalue weighted by atomic mass is 10.1. The zero-order valence-corrected chi connectivity index (χ0v) is 12.0. The van der Waals surface area contributed by atoms with Crippen LogP contribution in [0.4, 0.5) is 0 Å². The lowest BCUT2D eigenvalue weighted by molar-refractivity contribution is -0.0593. The Morgan fingerprint density at radius 1 is 1.33 bits per heavy atom. The Labute approximate surface area is 122 Å². The smallest absolute Gasteiger partial charge is 0.189 e. The van der Waals surface area contributed by atoms with Gasteiger partial charge < -0.3 is 23.9 Å². The van der Waals surface area contributed by atoms with Crippen LogP contribution in [-0.4, -0.2) is 40.6 Å². The number of nitrogens with zero attached hydrogens (tertiary/aromatic N) is 2. The van der Waals surface area contributed by atoms with Crippen LogP contribution in [0.1, 0.15) is 17.8 Å². The van der Waals surface area contributed by atoms with E-state index in [1.807, 2.05) is 17.6 Å². The summed E-state index contributed by atoms with van der Waals surface area (Å²) in [6.45, 7) is 4.54. The third kappa shape index (κ3) is 1.98. The SMILES string of the molecule is Cc1cc2c(c3nc(CO)n(C[C@@H]4CCO4)c13)OCCO2. The Morgan fingerprint density at radius 2 is 2.14 bits per heavy atom. The second kappa shape index (κ2) is 4.89. The molecule has 4 rings (SSSR count). The fraction of sp³-hybridized carbons (Fsp3) is 0.533. The van der Waals surface area contributed by atoms with Crippen LogP contribution < -0.4 is 9.47 Å². The van der Waals surface area contributed by atoms with Crippen molar-refractivity contribution in [3.8, 4) is 11.5 Å². The van der Waals surface area contributed by atoms with Crippen LogP contribution in [0.3, 0.4) is 0 Å². The molecule has 1 aromatic heterocycles. The van der Waals surface area contributed by atoms with E-state index in [0.29, 0.717) is 31.3 Å². The summed E-state index contributed by atoms with van der Waals surface area (Å²) >= 11 is 0. The van der Waals surface area contributed by atoms with E-state index in [1.54, 1.807) is 0 Å². The van der Waals surface area contributed by atoms with Gasteiger partial charge in [0.25, 0.3) is 0 Å². The summed E-state index contributed by atoms with van der Waals surface area (Å²) in [7, 11) is 0. The van der Waals surface area contributed by atoms with Crippen LogP contribution in [0, 0.1) is 6.92 Å². The normalized spacial score (nSPS) is 20.6. The van der Waals surface area contributed by atoms with Crippen LogP contribution >= 0.6 is 0 Å². The van der Waals surface area contributed by atoms with E-state index in [1.165, 1.54) is 0 Å². The summed E-state index contributed by atoms with van der Waals surface area (Å²) < 4.78 is 19.0. The molecule has 1 atom stereocenters. The van der Waals surface area contributed by atoms with E-state index in [-0.39, 0.29) is 12.7 Å². The van der Waals surface area contributed by atoms with Crippen molar-refractivity contribution in [3.05, 3.63) is 17.5 Å². The zero-order chi connectivity index (χ0) is 14.4. The van der Waals surface area contributed by atoms with Crippen LogP contribution in [-0.2, 0) is 17.9 Å². The fourth-order valence-electron chi connectivity index (χ4n) is 3.00. The van der Waals surface area contributed by atoms with E-state index < -0.39 is 0 Å². The van der Waals surface area contributed by atoms with Gasteiger partial charge in [0.05, 0.1) is 18.2 Å². The standard InChI is InChI=1S/C15H18N2O4/c1-9-6-11-15(21-5-4-20-11)13-14(9)17(12(8-18)16-13)7-10-2-3-19-10/h6,10,18H,2-5,7-8H2,1H3/t10-/m0/s1. The van der Waals surface area contributed by atoms with Gasteiger partial charge in [-0.05, 0) is 25.0 Å². The summed E-state index contributed by atoms with van der Waals surface area (Å²) in [5.74, 6) is 2.07. The van der Waals surface area contributed by atoms with Crippen molar-refractivity contribution in [1.29, 1.82) is 0 Å². The number of hydrogen-bond acceptors (Lipinski definition) is 5. The van der Waals surface area contributed by atoms with E-state index >= 15 is 0 Å². The van der Waals surface area contributed by atoms with Crippen molar-refractivity contribution >= 4 is 11.0 Å². The highest BCUT2D eigenvalue weighted by atomic mass is 16.6. The Kier molecular flexibility index (Phi) is 3.01. The van der Waals surface area contributed by atoms with Crippen molar-refractivity contribution in [2.75, 3.05) is 19.8 Å². The summed E-state index contributed by atoms with van der Waals surface area (Å²) in [5.41, 5.74) is 2.84. The first kappa shape index (κ1) is 12.9. The van der Waals surface area contributed by atoms with Crippen LogP contribution in [0.25, 0.3) is 11.0 Å². The maximum Gasteiger partial charge on any atom is 0.189 e. The van der Waals surface area contributed by atoms with Crippen LogP contribution in [0.15, 0.2) is 6.07 Å². The average molecular weight is 290 g/mol. The molecule has 0 spiro atoms. The van der Waals surface area contributed by atoms with Gasteiger partial charge in [-0.1, -0.05) is 0 Å². The molecule has 2 aliphatic rings. The predicted octanol–water partition coefficient (Wildman–Crippen LogP) is 1.40. The molecule has 112 valence electrons. The molecule has 3 heterocycles. The minimum Gasteiger partial charge on any atom is -0.486 e. The number of fused-ring (bicyclic) bond motifs is 3. The maximum absolute atomic E-state index is 9.62. The molecule has 0 bridgehead atoms. The summed E-state index contributed by atoms with van der Waals surface area (Å²) in [6.07, 6.45) is 1.26. The predicted molar refractivity (Wildman–Crippen MR) is 75.7 cm³/mol. The molecule has 0 aliphatic carbocycles. The highest BCUT2D eigenvalue weighted by Crippen LogP contribution is 2.40. The van der Waals surface area contributed by atoms with Gasteiger partial charge in [-0.3, -0.25) is 0 Å². The van der Waals surface area contributed by atoms with Crippen molar-refractivity contribution in [3.63, 3.8) is 0 Å². The molecule has 0 radical (unpaired) electrons. The lowest BCUT2D eigenvalue weighted by Crippen LogP contribution is -2.31. The third-order valence-corrected chi connectivity index (χ3v) is 4.11. The van der Waals surface area contributed by atoms with Gasteiger partial charge in [0.1, 0.15) is 31.2 Å². The number of imidazole rings is 1. The van der Waals surface area contributed by atoms with E-state index in [4.69, 9.17) is 14.2 Å². The van der Waals surface area contributed by atoms with Crippen molar-refractivity contribution in [2.24, 2.45) is 0 Å². The van der Waals surface area contributed by atoms with Crippen molar-refractivity contribution < 1.29 is 19.3 Å². The number of ether oxygens (including phenoxy) is 3. The third-order valence-electron chi connectivity index (χ3n) is 4.11. The first-order valence-electron chi connectivity index (χ1n) is 7.28. The molecule has 2 aliphatic heterocycles. The molecular formula is C15H18N2O4. The van der Waals surface area contributed by atoms with Gasteiger partial charge in [-0.25, -0.2) is 4.98 Å². The van der Waals surface area contributed by atoms with E-state index in [2.05, 4.69) is 4.98 Å². The Hall–Kier alpha value is -1.79. The number of aromatic nitrogens is 2. The summed E-state index contributed by atoms with van der Waals surface area (Å²) in [4.78, 5) is 4.57. The minimum atomic E-state index is -0.101. The topological polar surface area (TPSA) is 65.7 Å². The highest BCUT2D eigenvalue weighted by Gasteiger charge is 2.26. The molecular weight excluding hydrogens is 272 g/mol. The maximum atomic E-state index is 9.62. The molecule has 1 saturated heterocycles. The van der Waals surface area contributed by atoms with Gasteiger partial charge in [-0.15, -0.1) is 0 Å². The number of aryl methyl sites for hydroxylation is 1. The zero-order valence-electron chi connectivity index (χ0n) is 12.0. The Morgan fingerprint density at radius 3 is 2.86 bits per heavy atom. The summed E-state index contributed by atoms with van der Waals surface area (Å²) in [5, 5.41) is 9.62. The largest absolute Gasteiger partial charge is 0.486 e. The molecule has 1 N–H and O–H groups in total. The van der Waals surface area contributed by atoms with Crippen LogP contribution in [0.2, 0.25) is 0 Å². The molecule has 1 fully saturated rings. The molecule has 6 heteroatoms. The lowest BCUT2D eigenvalue weighted by Gasteiger charge is -2.27. The average Bonchev–Trinajstić information content (AvgIpc) is 2.82. The molecule has 2 aromatic rings. The first-order chi connectivity index (χ1) is 10.3. The molecule has 6 nitrogen and oxygen atoms in total. The number of aliphatic hydroxyl groups is 1. The van der Waals surface area contributed by atoms with Gasteiger partial charge in [-0.2, -0.15) is 0 Å². The minimum absolute atomic E-state index is 0.101. The highest BCUT2D eigenvalue weighted by molar-refractivity contribution is 5.88. The fourth-order valence-corrected chi connectivity index (χ4v) is 3.00. The monoisotopic (exact) mass is 290 g/mol. The second-order valence-electron chi connectivity index (χ2n) is 5.49.